The third-order valence-corrected chi connectivity index (χ3v) is 4.58. The SMILES string of the molecule is O=C(O)c1ccc(Oc2ccc(N3C[C@@H]4CNCCN4C3=O)cn2)cc1. The number of anilines is 1. The number of fused-ring (bicyclic) bond motifs is 1. The van der Waals surface area contributed by atoms with Crippen LogP contribution in [0.1, 0.15) is 10.4 Å². The van der Waals surface area contributed by atoms with Gasteiger partial charge in [-0.05, 0) is 30.3 Å². The highest BCUT2D eigenvalue weighted by Gasteiger charge is 2.39. The maximum atomic E-state index is 12.5. The highest BCUT2D eigenvalue weighted by atomic mass is 16.5. The predicted octanol–water partition coefficient (Wildman–Crippen LogP) is 1.79. The van der Waals surface area contributed by atoms with Crippen molar-refractivity contribution in [2.75, 3.05) is 31.1 Å². The molecule has 1 atom stereocenters. The Kier molecular flexibility index (Phi) is 4.18. The van der Waals surface area contributed by atoms with Crippen LogP contribution in [0.4, 0.5) is 10.5 Å². The maximum Gasteiger partial charge on any atom is 0.335 e. The van der Waals surface area contributed by atoms with Gasteiger partial charge in [-0.15, -0.1) is 0 Å². The van der Waals surface area contributed by atoms with E-state index in [-0.39, 0.29) is 17.6 Å². The molecule has 1 aromatic heterocycles. The molecule has 0 saturated carbocycles. The van der Waals surface area contributed by atoms with Crippen molar-refractivity contribution in [1.29, 1.82) is 0 Å². The van der Waals surface area contributed by atoms with Gasteiger partial charge in [-0.2, -0.15) is 0 Å². The number of urea groups is 1. The number of rotatable bonds is 4. The summed E-state index contributed by atoms with van der Waals surface area (Å²) in [7, 11) is 0. The van der Waals surface area contributed by atoms with Crippen molar-refractivity contribution in [2.24, 2.45) is 0 Å². The number of carboxylic acid groups (broad SMARTS) is 1. The Hall–Kier alpha value is -3.13. The molecule has 8 nitrogen and oxygen atoms in total. The number of pyridine rings is 1. The number of carbonyl (C=O) groups is 2. The molecule has 0 aliphatic carbocycles. The smallest absolute Gasteiger partial charge is 0.335 e. The molecule has 0 bridgehead atoms. The Bertz CT molecular complexity index is 822. The lowest BCUT2D eigenvalue weighted by Gasteiger charge is -2.28. The Labute approximate surface area is 150 Å². The van der Waals surface area contributed by atoms with Gasteiger partial charge < -0.3 is 20.1 Å². The van der Waals surface area contributed by atoms with Crippen molar-refractivity contribution >= 4 is 17.7 Å². The summed E-state index contributed by atoms with van der Waals surface area (Å²) in [6.07, 6.45) is 1.62. The Morgan fingerprint density at radius 1 is 1.23 bits per heavy atom. The van der Waals surface area contributed by atoms with Gasteiger partial charge in [0.2, 0.25) is 5.88 Å². The summed E-state index contributed by atoms with van der Waals surface area (Å²) in [6, 6.07) is 9.80. The Balaban J connectivity index is 1.45. The number of piperazine rings is 1. The number of amides is 2. The summed E-state index contributed by atoms with van der Waals surface area (Å²) < 4.78 is 5.62. The van der Waals surface area contributed by atoms with E-state index in [0.717, 1.165) is 25.3 Å². The van der Waals surface area contributed by atoms with Gasteiger partial charge in [-0.25, -0.2) is 14.6 Å². The number of aromatic nitrogens is 1. The first-order valence-electron chi connectivity index (χ1n) is 8.38. The molecule has 2 aliphatic heterocycles. The second kappa shape index (κ2) is 6.64. The number of aromatic carboxylic acids is 1. The fourth-order valence-corrected chi connectivity index (χ4v) is 3.21. The first-order valence-corrected chi connectivity index (χ1v) is 8.38. The zero-order valence-electron chi connectivity index (χ0n) is 14.0. The van der Waals surface area contributed by atoms with Gasteiger partial charge in [0.15, 0.2) is 0 Å². The molecule has 0 unspecified atom stereocenters. The molecular formula is C18H18N4O4. The van der Waals surface area contributed by atoms with E-state index in [1.54, 1.807) is 35.4 Å². The maximum absolute atomic E-state index is 12.5. The topological polar surface area (TPSA) is 95.0 Å². The first-order chi connectivity index (χ1) is 12.6. The second-order valence-corrected chi connectivity index (χ2v) is 6.23. The molecule has 2 amide bonds. The zero-order chi connectivity index (χ0) is 18.1. The molecule has 2 fully saturated rings. The molecule has 2 N–H and O–H groups in total. The van der Waals surface area contributed by atoms with Crippen LogP contribution >= 0.6 is 0 Å². The zero-order valence-corrected chi connectivity index (χ0v) is 14.0. The summed E-state index contributed by atoms with van der Waals surface area (Å²) in [5, 5.41) is 12.2. The lowest BCUT2D eigenvalue weighted by atomic mass is 10.2. The Morgan fingerprint density at radius 3 is 2.69 bits per heavy atom. The lowest BCUT2D eigenvalue weighted by molar-refractivity contribution is 0.0697. The largest absolute Gasteiger partial charge is 0.478 e. The number of nitrogens with zero attached hydrogens (tertiary/aromatic N) is 3. The standard InChI is InChI=1S/C18H18N4O4/c23-17(24)12-1-4-15(5-2-12)26-16-6-3-13(10-20-16)22-11-14-9-19-7-8-21(14)18(22)25/h1-6,10,14,19H,7-9,11H2,(H,23,24)/t14-/m0/s1. The quantitative estimate of drug-likeness (QED) is 0.869. The van der Waals surface area contributed by atoms with Crippen LogP contribution in [0.5, 0.6) is 11.6 Å². The molecule has 26 heavy (non-hydrogen) atoms. The summed E-state index contributed by atoms with van der Waals surface area (Å²) >= 11 is 0. The summed E-state index contributed by atoms with van der Waals surface area (Å²) in [5.74, 6) is -0.112. The van der Waals surface area contributed by atoms with Crippen LogP contribution in [0.2, 0.25) is 0 Å². The van der Waals surface area contributed by atoms with E-state index in [1.807, 2.05) is 4.90 Å². The monoisotopic (exact) mass is 354 g/mol. The minimum absolute atomic E-state index is 0.0104. The van der Waals surface area contributed by atoms with Crippen LogP contribution < -0.4 is 15.0 Å². The number of hydrogen-bond acceptors (Lipinski definition) is 5. The van der Waals surface area contributed by atoms with Gasteiger partial charge in [0.05, 0.1) is 23.5 Å². The van der Waals surface area contributed by atoms with Crippen LogP contribution in [0.3, 0.4) is 0 Å². The fourth-order valence-electron chi connectivity index (χ4n) is 3.21. The number of hydrogen-bond donors (Lipinski definition) is 2. The van der Waals surface area contributed by atoms with Crippen molar-refractivity contribution in [3.8, 4) is 11.6 Å². The van der Waals surface area contributed by atoms with Gasteiger partial charge in [-0.1, -0.05) is 0 Å². The minimum atomic E-state index is -0.985. The van der Waals surface area contributed by atoms with Crippen molar-refractivity contribution in [3.63, 3.8) is 0 Å². The third-order valence-electron chi connectivity index (χ3n) is 4.58. The van der Waals surface area contributed by atoms with E-state index in [1.165, 1.54) is 12.1 Å². The van der Waals surface area contributed by atoms with Crippen molar-refractivity contribution in [3.05, 3.63) is 48.2 Å². The van der Waals surface area contributed by atoms with Crippen LogP contribution in [0.15, 0.2) is 42.6 Å². The average Bonchev–Trinajstić information content (AvgIpc) is 3.00. The molecule has 2 saturated heterocycles. The molecule has 2 aliphatic rings. The molecule has 8 heteroatoms. The molecule has 3 heterocycles. The minimum Gasteiger partial charge on any atom is -0.478 e. The van der Waals surface area contributed by atoms with E-state index in [4.69, 9.17) is 9.84 Å². The summed E-state index contributed by atoms with van der Waals surface area (Å²) in [5.41, 5.74) is 0.928. The molecule has 2 aromatic rings. The van der Waals surface area contributed by atoms with E-state index >= 15 is 0 Å². The van der Waals surface area contributed by atoms with E-state index < -0.39 is 5.97 Å². The van der Waals surface area contributed by atoms with Crippen molar-refractivity contribution in [2.45, 2.75) is 6.04 Å². The van der Waals surface area contributed by atoms with Crippen molar-refractivity contribution < 1.29 is 19.4 Å². The summed E-state index contributed by atoms with van der Waals surface area (Å²) in [6.45, 7) is 3.00. The van der Waals surface area contributed by atoms with Gasteiger partial charge in [0.25, 0.3) is 0 Å². The second-order valence-electron chi connectivity index (χ2n) is 6.23. The van der Waals surface area contributed by atoms with Crippen molar-refractivity contribution in [1.82, 2.24) is 15.2 Å². The van der Waals surface area contributed by atoms with Gasteiger partial charge in [0.1, 0.15) is 5.75 Å². The molecular weight excluding hydrogens is 336 g/mol. The van der Waals surface area contributed by atoms with Gasteiger partial charge in [0, 0.05) is 32.2 Å². The third kappa shape index (κ3) is 3.06. The van der Waals surface area contributed by atoms with E-state index in [2.05, 4.69) is 10.3 Å². The molecule has 1 aromatic carbocycles. The Morgan fingerprint density at radius 2 is 2.04 bits per heavy atom. The number of carbonyl (C=O) groups excluding carboxylic acids is 1. The fraction of sp³-hybridized carbons (Fsp3) is 0.278. The number of ether oxygens (including phenoxy) is 1. The van der Waals surface area contributed by atoms with Crippen LogP contribution in [0, 0.1) is 0 Å². The van der Waals surface area contributed by atoms with Crippen LogP contribution in [-0.4, -0.2) is 59.2 Å². The van der Waals surface area contributed by atoms with Gasteiger partial charge in [-0.3, -0.25) is 4.90 Å². The number of carboxylic acids is 1. The molecule has 0 spiro atoms. The van der Waals surface area contributed by atoms with E-state index in [0.29, 0.717) is 18.2 Å². The summed E-state index contributed by atoms with van der Waals surface area (Å²) in [4.78, 5) is 31.3. The highest BCUT2D eigenvalue weighted by Crippen LogP contribution is 2.26. The normalized spacial score (nSPS) is 19.4. The average molecular weight is 354 g/mol. The lowest BCUT2D eigenvalue weighted by Crippen LogP contribution is -2.49. The molecule has 134 valence electrons. The van der Waals surface area contributed by atoms with Crippen LogP contribution in [-0.2, 0) is 0 Å². The number of benzene rings is 1. The molecule has 4 rings (SSSR count). The van der Waals surface area contributed by atoms with E-state index in [9.17, 15) is 9.59 Å². The predicted molar refractivity (Wildman–Crippen MR) is 93.8 cm³/mol. The highest BCUT2D eigenvalue weighted by molar-refractivity contribution is 5.94. The number of nitrogens with one attached hydrogen (secondary N) is 1. The first kappa shape index (κ1) is 16.3. The van der Waals surface area contributed by atoms with Gasteiger partial charge >= 0.3 is 12.0 Å². The van der Waals surface area contributed by atoms with Crippen LogP contribution in [0.25, 0.3) is 0 Å². The molecule has 0 radical (unpaired) electrons.